The highest BCUT2D eigenvalue weighted by Gasteiger charge is 2.20. The van der Waals surface area contributed by atoms with Gasteiger partial charge in [-0.25, -0.2) is 0 Å². The molecule has 0 atom stereocenters. The number of likely N-dealkylation sites (N-methyl/N-ethyl adjacent to an activating group) is 1. The van der Waals surface area contributed by atoms with E-state index >= 15 is 0 Å². The lowest BCUT2D eigenvalue weighted by Gasteiger charge is -2.13. The van der Waals surface area contributed by atoms with E-state index in [1.165, 1.54) is 55.3 Å². The summed E-state index contributed by atoms with van der Waals surface area (Å²) in [4.78, 5) is 11.1. The van der Waals surface area contributed by atoms with Crippen LogP contribution in [0.15, 0.2) is 60.9 Å². The largest absolute Gasteiger partial charge is 0.358 e. The van der Waals surface area contributed by atoms with Crippen LogP contribution in [-0.4, -0.2) is 39.6 Å². The molecule has 6 rings (SSSR count). The van der Waals surface area contributed by atoms with Gasteiger partial charge in [-0.1, -0.05) is 12.1 Å². The second-order valence-electron chi connectivity index (χ2n) is 9.22. The maximum atomic E-state index is 4.91. The Balaban J connectivity index is 1.56. The average Bonchev–Trinajstić information content (AvgIpc) is 3.29. The van der Waals surface area contributed by atoms with Gasteiger partial charge in [0, 0.05) is 72.1 Å². The third-order valence-corrected chi connectivity index (χ3v) is 6.99. The Morgan fingerprint density at radius 3 is 2.72 bits per heavy atom. The molecule has 0 aliphatic carbocycles. The second-order valence-corrected chi connectivity index (χ2v) is 9.22. The lowest BCUT2D eigenvalue weighted by Crippen LogP contribution is -2.21. The van der Waals surface area contributed by atoms with Crippen molar-refractivity contribution in [1.82, 2.24) is 19.4 Å². The lowest BCUT2D eigenvalue weighted by atomic mass is 9.95. The smallest absolute Gasteiger partial charge is 0.0801 e. The summed E-state index contributed by atoms with van der Waals surface area (Å²) < 4.78 is 2.16. The molecular formula is C28H28N4. The van der Waals surface area contributed by atoms with Crippen LogP contribution in [0.5, 0.6) is 0 Å². The fourth-order valence-corrected chi connectivity index (χ4v) is 5.25. The molecule has 1 aliphatic rings. The highest BCUT2D eigenvalue weighted by molar-refractivity contribution is 6.00. The van der Waals surface area contributed by atoms with Gasteiger partial charge < -0.3 is 14.5 Å². The zero-order valence-electron chi connectivity index (χ0n) is 18.9. The molecular weight excluding hydrogens is 392 g/mol. The van der Waals surface area contributed by atoms with Gasteiger partial charge in [-0.3, -0.25) is 4.98 Å². The van der Waals surface area contributed by atoms with Gasteiger partial charge >= 0.3 is 0 Å². The molecule has 4 heteroatoms. The summed E-state index contributed by atoms with van der Waals surface area (Å²) in [6.45, 7) is 4.40. The number of H-pyrrole nitrogens is 1. The Labute approximate surface area is 188 Å². The van der Waals surface area contributed by atoms with Crippen molar-refractivity contribution in [2.75, 3.05) is 20.1 Å². The average molecular weight is 421 g/mol. The number of aryl methyl sites for hydroxylation is 2. The quantitative estimate of drug-likeness (QED) is 0.396. The second kappa shape index (κ2) is 7.35. The molecule has 0 spiro atoms. The molecule has 4 nitrogen and oxygen atoms in total. The number of benzene rings is 2. The van der Waals surface area contributed by atoms with Crippen molar-refractivity contribution in [1.29, 1.82) is 0 Å². The first-order valence-electron chi connectivity index (χ1n) is 11.4. The van der Waals surface area contributed by atoms with Gasteiger partial charge in [-0.05, 0) is 73.5 Å². The highest BCUT2D eigenvalue weighted by atomic mass is 15.1. The number of aromatic amines is 1. The molecule has 1 aliphatic heterocycles. The molecule has 0 saturated carbocycles. The van der Waals surface area contributed by atoms with Gasteiger partial charge in [-0.2, -0.15) is 0 Å². The SMILES string of the molecule is Cc1cc(-c2ncccc2-c2ccc3c(ccn3C)c2)c2[nH]c3c(c2c1)CCN(C)CC3. The van der Waals surface area contributed by atoms with E-state index in [2.05, 4.69) is 84.1 Å². The van der Waals surface area contributed by atoms with Gasteiger partial charge in [-0.15, -0.1) is 0 Å². The standard InChI is InChI=1S/C28H28N4/c1-18-15-23-22-9-12-31(2)13-10-25(22)30-28(23)24(16-18)27-21(5-4-11-29-27)19-6-7-26-20(17-19)8-14-32(26)3/h4-8,11,14-17,30H,9-10,12-13H2,1-3H3. The monoisotopic (exact) mass is 420 g/mol. The summed E-state index contributed by atoms with van der Waals surface area (Å²) in [6.07, 6.45) is 6.19. The number of hydrogen-bond donors (Lipinski definition) is 1. The van der Waals surface area contributed by atoms with Crippen molar-refractivity contribution in [3.63, 3.8) is 0 Å². The van der Waals surface area contributed by atoms with E-state index in [0.29, 0.717) is 0 Å². The van der Waals surface area contributed by atoms with Crippen molar-refractivity contribution in [2.45, 2.75) is 19.8 Å². The predicted molar refractivity (Wildman–Crippen MR) is 133 cm³/mol. The number of nitrogens with zero attached hydrogens (tertiary/aromatic N) is 3. The molecule has 0 unspecified atom stereocenters. The van der Waals surface area contributed by atoms with Crippen molar-refractivity contribution in [3.05, 3.63) is 77.7 Å². The summed E-state index contributed by atoms with van der Waals surface area (Å²) in [6, 6.07) is 17.8. The summed E-state index contributed by atoms with van der Waals surface area (Å²) in [5.41, 5.74) is 11.3. The minimum absolute atomic E-state index is 1.05. The van der Waals surface area contributed by atoms with Crippen LogP contribution in [0.1, 0.15) is 16.8 Å². The number of aromatic nitrogens is 3. The minimum Gasteiger partial charge on any atom is -0.358 e. The molecule has 1 N–H and O–H groups in total. The van der Waals surface area contributed by atoms with Gasteiger partial charge in [0.25, 0.3) is 0 Å². The molecule has 32 heavy (non-hydrogen) atoms. The molecule has 4 heterocycles. The predicted octanol–water partition coefficient (Wildman–Crippen LogP) is 5.73. The Bertz CT molecular complexity index is 1470. The van der Waals surface area contributed by atoms with Crippen LogP contribution < -0.4 is 0 Å². The maximum Gasteiger partial charge on any atom is 0.0801 e. The van der Waals surface area contributed by atoms with Crippen LogP contribution in [-0.2, 0) is 19.9 Å². The first-order valence-corrected chi connectivity index (χ1v) is 11.4. The number of fused-ring (bicyclic) bond motifs is 4. The zero-order chi connectivity index (χ0) is 21.8. The third kappa shape index (κ3) is 3.06. The number of nitrogens with one attached hydrogen (secondary N) is 1. The van der Waals surface area contributed by atoms with E-state index < -0.39 is 0 Å². The van der Waals surface area contributed by atoms with E-state index in [1.54, 1.807) is 0 Å². The molecule has 3 aromatic heterocycles. The normalized spacial score (nSPS) is 14.7. The number of pyridine rings is 1. The summed E-state index contributed by atoms with van der Waals surface area (Å²) >= 11 is 0. The third-order valence-electron chi connectivity index (χ3n) is 6.99. The topological polar surface area (TPSA) is 36.9 Å². The van der Waals surface area contributed by atoms with Crippen molar-refractivity contribution >= 4 is 21.8 Å². The Morgan fingerprint density at radius 1 is 0.938 bits per heavy atom. The molecule has 0 fully saturated rings. The van der Waals surface area contributed by atoms with Crippen LogP contribution >= 0.6 is 0 Å². The van der Waals surface area contributed by atoms with Crippen LogP contribution in [0.25, 0.3) is 44.2 Å². The van der Waals surface area contributed by atoms with Gasteiger partial charge in [0.1, 0.15) is 0 Å². The van der Waals surface area contributed by atoms with E-state index in [4.69, 9.17) is 4.98 Å². The van der Waals surface area contributed by atoms with Gasteiger partial charge in [0.2, 0.25) is 0 Å². The fourth-order valence-electron chi connectivity index (χ4n) is 5.25. The van der Waals surface area contributed by atoms with Crippen LogP contribution in [0.2, 0.25) is 0 Å². The lowest BCUT2D eigenvalue weighted by molar-refractivity contribution is 0.352. The fraction of sp³-hybridized carbons (Fsp3) is 0.250. The van der Waals surface area contributed by atoms with E-state index in [0.717, 1.165) is 31.6 Å². The van der Waals surface area contributed by atoms with Crippen LogP contribution in [0, 0.1) is 6.92 Å². The van der Waals surface area contributed by atoms with Gasteiger partial charge in [0.15, 0.2) is 0 Å². The van der Waals surface area contributed by atoms with E-state index in [9.17, 15) is 0 Å². The minimum atomic E-state index is 1.05. The first kappa shape index (κ1) is 19.3. The maximum absolute atomic E-state index is 4.91. The van der Waals surface area contributed by atoms with Gasteiger partial charge in [0.05, 0.1) is 11.2 Å². The molecule has 0 saturated heterocycles. The van der Waals surface area contributed by atoms with Crippen molar-refractivity contribution < 1.29 is 0 Å². The Hall–Kier alpha value is -3.37. The molecule has 2 aromatic carbocycles. The Morgan fingerprint density at radius 2 is 1.81 bits per heavy atom. The van der Waals surface area contributed by atoms with E-state index in [1.807, 2.05) is 12.3 Å². The molecule has 0 radical (unpaired) electrons. The first-order chi connectivity index (χ1) is 15.6. The summed E-state index contributed by atoms with van der Waals surface area (Å²) in [5, 5.41) is 2.62. The zero-order valence-corrected chi connectivity index (χ0v) is 18.9. The molecule has 0 amide bonds. The number of rotatable bonds is 2. The number of hydrogen-bond acceptors (Lipinski definition) is 2. The molecule has 160 valence electrons. The Kier molecular flexibility index (Phi) is 4.44. The molecule has 0 bridgehead atoms. The summed E-state index contributed by atoms with van der Waals surface area (Å²) in [7, 11) is 4.31. The van der Waals surface area contributed by atoms with E-state index in [-0.39, 0.29) is 0 Å². The van der Waals surface area contributed by atoms with Crippen LogP contribution in [0.3, 0.4) is 0 Å². The van der Waals surface area contributed by atoms with Crippen LogP contribution in [0.4, 0.5) is 0 Å². The summed E-state index contributed by atoms with van der Waals surface area (Å²) in [5.74, 6) is 0. The highest BCUT2D eigenvalue weighted by Crippen LogP contribution is 2.38. The van der Waals surface area contributed by atoms with Crippen molar-refractivity contribution in [2.24, 2.45) is 7.05 Å². The molecule has 5 aromatic rings. The van der Waals surface area contributed by atoms with Crippen molar-refractivity contribution in [3.8, 4) is 22.4 Å².